The first-order valence-electron chi connectivity index (χ1n) is 6.10. The van der Waals surface area contributed by atoms with E-state index in [2.05, 4.69) is 12.2 Å². The first kappa shape index (κ1) is 11.4. The third-order valence-corrected chi connectivity index (χ3v) is 4.59. The lowest BCUT2D eigenvalue weighted by molar-refractivity contribution is 0.214. The van der Waals surface area contributed by atoms with E-state index in [1.54, 1.807) is 5.71 Å². The van der Waals surface area contributed by atoms with Crippen LogP contribution in [0.15, 0.2) is 4.99 Å². The standard InChI is InChI=1S/C12H20N2.ClH/c1-8-10-3-2-4-14-12(10)5-9-6-13-7-11(8)9;/h8-11,13H,2-7H2,1H3;1H. The Morgan fingerprint density at radius 3 is 3.07 bits per heavy atom. The Bertz CT molecular complexity index is 264. The number of hydrogen-bond acceptors (Lipinski definition) is 2. The fourth-order valence-corrected chi connectivity index (χ4v) is 3.76. The average molecular weight is 229 g/mol. The van der Waals surface area contributed by atoms with Crippen molar-refractivity contribution in [2.24, 2.45) is 28.7 Å². The maximum absolute atomic E-state index is 4.75. The van der Waals surface area contributed by atoms with Crippen LogP contribution in [0.2, 0.25) is 0 Å². The van der Waals surface area contributed by atoms with E-state index in [9.17, 15) is 0 Å². The minimum absolute atomic E-state index is 0. The summed E-state index contributed by atoms with van der Waals surface area (Å²) in [6.45, 7) is 6.05. The van der Waals surface area contributed by atoms with Crippen molar-refractivity contribution in [2.45, 2.75) is 26.2 Å². The maximum atomic E-state index is 4.75. The van der Waals surface area contributed by atoms with Gasteiger partial charge in [-0.1, -0.05) is 6.92 Å². The quantitative estimate of drug-likeness (QED) is 0.675. The first-order valence-corrected chi connectivity index (χ1v) is 6.10. The molecule has 0 spiro atoms. The molecule has 3 aliphatic rings. The van der Waals surface area contributed by atoms with Gasteiger partial charge in [-0.15, -0.1) is 12.4 Å². The monoisotopic (exact) mass is 228 g/mol. The van der Waals surface area contributed by atoms with Crippen molar-refractivity contribution in [2.75, 3.05) is 19.6 Å². The molecule has 2 aliphatic heterocycles. The number of hydrogen-bond donors (Lipinski definition) is 1. The second-order valence-electron chi connectivity index (χ2n) is 5.27. The summed E-state index contributed by atoms with van der Waals surface area (Å²) in [5, 5.41) is 3.55. The highest BCUT2D eigenvalue weighted by Crippen LogP contribution is 2.42. The lowest BCUT2D eigenvalue weighted by Gasteiger charge is -2.40. The van der Waals surface area contributed by atoms with E-state index in [0.717, 1.165) is 30.2 Å². The molecule has 0 amide bonds. The van der Waals surface area contributed by atoms with Gasteiger partial charge in [-0.05, 0) is 56.0 Å². The van der Waals surface area contributed by atoms with Crippen molar-refractivity contribution in [3.8, 4) is 0 Å². The van der Waals surface area contributed by atoms with Crippen LogP contribution in [0.3, 0.4) is 0 Å². The molecule has 4 unspecified atom stereocenters. The van der Waals surface area contributed by atoms with Crippen molar-refractivity contribution in [3.05, 3.63) is 0 Å². The van der Waals surface area contributed by atoms with Crippen LogP contribution in [0.25, 0.3) is 0 Å². The topological polar surface area (TPSA) is 24.4 Å². The Morgan fingerprint density at radius 1 is 1.33 bits per heavy atom. The molecule has 0 aromatic rings. The highest BCUT2D eigenvalue weighted by atomic mass is 35.5. The van der Waals surface area contributed by atoms with E-state index in [0.29, 0.717) is 0 Å². The van der Waals surface area contributed by atoms with Gasteiger partial charge in [-0.3, -0.25) is 4.99 Å². The van der Waals surface area contributed by atoms with E-state index in [1.807, 2.05) is 0 Å². The van der Waals surface area contributed by atoms with Gasteiger partial charge in [-0.2, -0.15) is 0 Å². The largest absolute Gasteiger partial charge is 0.316 e. The zero-order chi connectivity index (χ0) is 9.54. The molecule has 1 saturated carbocycles. The van der Waals surface area contributed by atoms with Crippen molar-refractivity contribution in [1.82, 2.24) is 5.32 Å². The molecule has 0 aromatic heterocycles. The fraction of sp³-hybridized carbons (Fsp3) is 0.917. The number of nitrogens with zero attached hydrogens (tertiary/aromatic N) is 1. The molecule has 86 valence electrons. The molecule has 0 bridgehead atoms. The predicted molar refractivity (Wildman–Crippen MR) is 65.9 cm³/mol. The summed E-state index contributed by atoms with van der Waals surface area (Å²) in [5.74, 6) is 3.56. The molecule has 2 heterocycles. The van der Waals surface area contributed by atoms with Crippen LogP contribution < -0.4 is 5.32 Å². The maximum Gasteiger partial charge on any atom is 0.0389 e. The molecule has 3 rings (SSSR count). The number of nitrogens with one attached hydrogen (secondary N) is 1. The van der Waals surface area contributed by atoms with E-state index < -0.39 is 0 Å². The normalized spacial score (nSPS) is 43.7. The molecule has 1 saturated heterocycles. The number of fused-ring (bicyclic) bond motifs is 2. The molecule has 1 aliphatic carbocycles. The molecule has 2 fully saturated rings. The van der Waals surface area contributed by atoms with Crippen LogP contribution in [0.1, 0.15) is 26.2 Å². The fourth-order valence-electron chi connectivity index (χ4n) is 3.76. The lowest BCUT2D eigenvalue weighted by atomic mass is 9.66. The zero-order valence-electron chi connectivity index (χ0n) is 9.41. The Hall–Kier alpha value is -0.0800. The van der Waals surface area contributed by atoms with E-state index in [1.165, 1.54) is 32.4 Å². The van der Waals surface area contributed by atoms with Crippen molar-refractivity contribution in [1.29, 1.82) is 0 Å². The van der Waals surface area contributed by atoms with Crippen molar-refractivity contribution >= 4 is 18.1 Å². The smallest absolute Gasteiger partial charge is 0.0389 e. The van der Waals surface area contributed by atoms with Crippen LogP contribution >= 0.6 is 12.4 Å². The van der Waals surface area contributed by atoms with E-state index in [-0.39, 0.29) is 12.4 Å². The van der Waals surface area contributed by atoms with Crippen LogP contribution in [0.4, 0.5) is 0 Å². The van der Waals surface area contributed by atoms with Gasteiger partial charge in [0.15, 0.2) is 0 Å². The molecule has 15 heavy (non-hydrogen) atoms. The van der Waals surface area contributed by atoms with Gasteiger partial charge in [-0.25, -0.2) is 0 Å². The molecule has 1 N–H and O–H groups in total. The van der Waals surface area contributed by atoms with Crippen LogP contribution in [0, 0.1) is 23.7 Å². The van der Waals surface area contributed by atoms with E-state index >= 15 is 0 Å². The van der Waals surface area contributed by atoms with Gasteiger partial charge in [0, 0.05) is 12.3 Å². The second kappa shape index (κ2) is 4.42. The Labute approximate surface area is 98.3 Å². The minimum Gasteiger partial charge on any atom is -0.316 e. The Kier molecular flexibility index (Phi) is 3.36. The predicted octanol–water partition coefficient (Wildman–Crippen LogP) is 2.13. The highest BCUT2D eigenvalue weighted by Gasteiger charge is 2.42. The van der Waals surface area contributed by atoms with Crippen LogP contribution in [-0.4, -0.2) is 25.3 Å². The number of halogens is 1. The Morgan fingerprint density at radius 2 is 2.20 bits per heavy atom. The number of rotatable bonds is 0. The summed E-state index contributed by atoms with van der Waals surface area (Å²) in [6.07, 6.45) is 4.03. The van der Waals surface area contributed by atoms with Crippen LogP contribution in [-0.2, 0) is 0 Å². The van der Waals surface area contributed by atoms with Gasteiger partial charge in [0.05, 0.1) is 0 Å². The molecule has 3 heteroatoms. The van der Waals surface area contributed by atoms with E-state index in [4.69, 9.17) is 4.99 Å². The molecule has 4 atom stereocenters. The molecular weight excluding hydrogens is 208 g/mol. The summed E-state index contributed by atoms with van der Waals surface area (Å²) in [6, 6.07) is 0. The van der Waals surface area contributed by atoms with Crippen LogP contribution in [0.5, 0.6) is 0 Å². The number of aliphatic imine (C=N–C) groups is 1. The molecule has 0 radical (unpaired) electrons. The summed E-state index contributed by atoms with van der Waals surface area (Å²) in [4.78, 5) is 4.75. The van der Waals surface area contributed by atoms with Gasteiger partial charge < -0.3 is 5.32 Å². The molecular formula is C12H21ClN2. The lowest BCUT2D eigenvalue weighted by Crippen LogP contribution is -2.40. The van der Waals surface area contributed by atoms with Crippen molar-refractivity contribution < 1.29 is 0 Å². The first-order chi connectivity index (χ1) is 6.86. The summed E-state index contributed by atoms with van der Waals surface area (Å²) in [7, 11) is 0. The summed E-state index contributed by atoms with van der Waals surface area (Å²) in [5.41, 5.74) is 1.56. The summed E-state index contributed by atoms with van der Waals surface area (Å²) < 4.78 is 0. The minimum atomic E-state index is 0. The van der Waals surface area contributed by atoms with Gasteiger partial charge in [0.1, 0.15) is 0 Å². The van der Waals surface area contributed by atoms with Gasteiger partial charge >= 0.3 is 0 Å². The van der Waals surface area contributed by atoms with Crippen molar-refractivity contribution in [3.63, 3.8) is 0 Å². The zero-order valence-corrected chi connectivity index (χ0v) is 10.2. The van der Waals surface area contributed by atoms with Gasteiger partial charge in [0.2, 0.25) is 0 Å². The SMILES string of the molecule is CC1C2CCCN=C2CC2CNCC21.Cl. The Balaban J connectivity index is 0.000000853. The third kappa shape index (κ3) is 1.83. The molecule has 2 nitrogen and oxygen atoms in total. The van der Waals surface area contributed by atoms with Gasteiger partial charge in [0.25, 0.3) is 0 Å². The molecule has 0 aromatic carbocycles. The third-order valence-electron chi connectivity index (χ3n) is 4.59. The highest BCUT2D eigenvalue weighted by molar-refractivity contribution is 5.88. The average Bonchev–Trinajstić information content (AvgIpc) is 2.66. The second-order valence-corrected chi connectivity index (χ2v) is 5.27. The summed E-state index contributed by atoms with van der Waals surface area (Å²) >= 11 is 0.